The fourth-order valence-corrected chi connectivity index (χ4v) is 4.47. The number of aliphatic hydroxyl groups is 4. The van der Waals surface area contributed by atoms with Crippen molar-refractivity contribution in [3.05, 3.63) is 40.6 Å². The third kappa shape index (κ3) is 7.67. The first kappa shape index (κ1) is 29.9. The van der Waals surface area contributed by atoms with Crippen molar-refractivity contribution in [3.63, 3.8) is 0 Å². The quantitative estimate of drug-likeness (QED) is 0.195. The molecule has 1 aliphatic rings. The number of aryl methyl sites for hydroxylation is 1. The SMILES string of the molecule is Cc1cc(OCCCCCCC(N)=O)ccc1Cc1c(O[C@@H]2O[C@H](CO)[C@@H](O)[C@H](O)[C@H]2O)n[nH]c1C(C)C. The van der Waals surface area contributed by atoms with Gasteiger partial charge in [-0.25, -0.2) is 0 Å². The number of H-pyrrole nitrogens is 1. The predicted octanol–water partition coefficient (Wildman–Crippen LogP) is 1.43. The normalized spacial score (nSPS) is 23.5. The number of aromatic nitrogens is 2. The number of rotatable bonds is 14. The monoisotopic (exact) mass is 535 g/mol. The smallest absolute Gasteiger partial charge is 0.238 e. The minimum Gasteiger partial charge on any atom is -0.494 e. The van der Waals surface area contributed by atoms with Gasteiger partial charge in [0.1, 0.15) is 30.2 Å². The highest BCUT2D eigenvalue weighted by Crippen LogP contribution is 2.32. The molecule has 1 fully saturated rings. The van der Waals surface area contributed by atoms with Crippen molar-refractivity contribution in [1.82, 2.24) is 10.2 Å². The number of nitrogens with two attached hydrogens (primary N) is 1. The van der Waals surface area contributed by atoms with E-state index in [9.17, 15) is 25.2 Å². The first-order valence-corrected chi connectivity index (χ1v) is 13.2. The summed E-state index contributed by atoms with van der Waals surface area (Å²) in [5.41, 5.74) is 8.86. The molecule has 11 heteroatoms. The van der Waals surface area contributed by atoms with Crippen LogP contribution in [0.1, 0.15) is 74.3 Å². The number of amides is 1. The second-order valence-electron chi connectivity index (χ2n) is 10.1. The number of primary amides is 1. The van der Waals surface area contributed by atoms with Crippen molar-refractivity contribution in [3.8, 4) is 11.6 Å². The highest BCUT2D eigenvalue weighted by atomic mass is 16.7. The van der Waals surface area contributed by atoms with E-state index in [2.05, 4.69) is 10.2 Å². The van der Waals surface area contributed by atoms with Crippen LogP contribution in [-0.4, -0.2) is 80.5 Å². The fraction of sp³-hybridized carbons (Fsp3) is 0.630. The average molecular weight is 536 g/mol. The Morgan fingerprint density at radius 1 is 1.13 bits per heavy atom. The molecule has 3 rings (SSSR count). The summed E-state index contributed by atoms with van der Waals surface area (Å²) in [6, 6.07) is 5.89. The number of carbonyl (C=O) groups is 1. The van der Waals surface area contributed by atoms with E-state index in [1.54, 1.807) is 0 Å². The lowest BCUT2D eigenvalue weighted by atomic mass is 9.96. The third-order valence-corrected chi connectivity index (χ3v) is 6.78. The van der Waals surface area contributed by atoms with Crippen LogP contribution in [0.4, 0.5) is 0 Å². The molecule has 1 aromatic carbocycles. The van der Waals surface area contributed by atoms with Gasteiger partial charge in [-0.05, 0) is 48.9 Å². The summed E-state index contributed by atoms with van der Waals surface area (Å²) < 4.78 is 17.3. The lowest BCUT2D eigenvalue weighted by Crippen LogP contribution is -2.60. The topological polar surface area (TPSA) is 180 Å². The van der Waals surface area contributed by atoms with E-state index in [1.165, 1.54) is 0 Å². The summed E-state index contributed by atoms with van der Waals surface area (Å²) in [6.45, 7) is 6.09. The lowest BCUT2D eigenvalue weighted by molar-refractivity contribution is -0.278. The second-order valence-corrected chi connectivity index (χ2v) is 10.1. The molecule has 7 N–H and O–H groups in total. The fourth-order valence-electron chi connectivity index (χ4n) is 4.47. The molecule has 5 atom stereocenters. The molecule has 0 spiro atoms. The standard InChI is InChI=1S/C27H41N3O8/c1-15(2)22-19(26(30-29-22)38-27-25(35)24(34)23(33)20(14-31)37-27)13-17-9-10-18(12-16(17)3)36-11-7-5-4-6-8-21(28)32/h9-10,12,15,20,23-25,27,31,33-35H,4-8,11,13-14H2,1-3H3,(H2,28,32)(H,29,30)/t20-,23-,24+,25-,27+/m1/s1. The molecule has 0 bridgehead atoms. The molecular weight excluding hydrogens is 494 g/mol. The highest BCUT2D eigenvalue weighted by Gasteiger charge is 2.45. The molecule has 1 saturated heterocycles. The molecule has 0 aliphatic carbocycles. The van der Waals surface area contributed by atoms with Crippen LogP contribution in [0.5, 0.6) is 11.6 Å². The van der Waals surface area contributed by atoms with Crippen LogP contribution in [0, 0.1) is 6.92 Å². The first-order valence-electron chi connectivity index (χ1n) is 13.2. The van der Waals surface area contributed by atoms with Crippen LogP contribution in [-0.2, 0) is 16.0 Å². The summed E-state index contributed by atoms with van der Waals surface area (Å²) in [7, 11) is 0. The predicted molar refractivity (Wildman–Crippen MR) is 139 cm³/mol. The van der Waals surface area contributed by atoms with Gasteiger partial charge in [0.15, 0.2) is 0 Å². The van der Waals surface area contributed by atoms with Gasteiger partial charge in [-0.3, -0.25) is 9.89 Å². The van der Waals surface area contributed by atoms with E-state index in [0.717, 1.165) is 53.8 Å². The first-order chi connectivity index (χ1) is 18.1. The number of ether oxygens (including phenoxy) is 3. The Kier molecular flexibility index (Phi) is 10.9. The van der Waals surface area contributed by atoms with E-state index in [0.29, 0.717) is 19.4 Å². The van der Waals surface area contributed by atoms with Crippen molar-refractivity contribution >= 4 is 5.91 Å². The number of benzene rings is 1. The van der Waals surface area contributed by atoms with Crippen LogP contribution in [0.15, 0.2) is 18.2 Å². The van der Waals surface area contributed by atoms with Crippen molar-refractivity contribution < 1.29 is 39.4 Å². The lowest BCUT2D eigenvalue weighted by Gasteiger charge is -2.39. The zero-order valence-electron chi connectivity index (χ0n) is 22.3. The van der Waals surface area contributed by atoms with Gasteiger partial charge in [0.25, 0.3) is 0 Å². The van der Waals surface area contributed by atoms with Crippen molar-refractivity contribution in [2.75, 3.05) is 13.2 Å². The molecule has 0 saturated carbocycles. The minimum absolute atomic E-state index is 0.107. The molecule has 11 nitrogen and oxygen atoms in total. The summed E-state index contributed by atoms with van der Waals surface area (Å²) in [6.07, 6.45) is -2.40. The summed E-state index contributed by atoms with van der Waals surface area (Å²) in [5.74, 6) is 0.836. The Labute approximate surface area is 222 Å². The van der Waals surface area contributed by atoms with Gasteiger partial charge in [0.2, 0.25) is 18.1 Å². The number of aromatic amines is 1. The number of hydrogen-bond donors (Lipinski definition) is 6. The number of nitrogens with zero attached hydrogens (tertiary/aromatic N) is 1. The minimum atomic E-state index is -1.54. The third-order valence-electron chi connectivity index (χ3n) is 6.78. The number of hydrogen-bond acceptors (Lipinski definition) is 9. The Hall–Kier alpha value is -2.70. The van der Waals surface area contributed by atoms with Crippen LogP contribution in [0.25, 0.3) is 0 Å². The second kappa shape index (κ2) is 13.9. The Morgan fingerprint density at radius 3 is 2.53 bits per heavy atom. The van der Waals surface area contributed by atoms with Gasteiger partial charge in [0, 0.05) is 24.1 Å². The summed E-state index contributed by atoms with van der Waals surface area (Å²) >= 11 is 0. The van der Waals surface area contributed by atoms with E-state index in [1.807, 2.05) is 39.0 Å². The van der Waals surface area contributed by atoms with E-state index in [-0.39, 0.29) is 17.7 Å². The van der Waals surface area contributed by atoms with Gasteiger partial charge in [0.05, 0.1) is 13.2 Å². The Morgan fingerprint density at radius 2 is 1.87 bits per heavy atom. The molecule has 1 amide bonds. The molecule has 1 aliphatic heterocycles. The van der Waals surface area contributed by atoms with E-state index in [4.69, 9.17) is 19.9 Å². The zero-order valence-corrected chi connectivity index (χ0v) is 22.3. The molecule has 2 aromatic rings. The van der Waals surface area contributed by atoms with Crippen molar-refractivity contribution in [2.24, 2.45) is 5.73 Å². The Bertz CT molecular complexity index is 1040. The van der Waals surface area contributed by atoms with Gasteiger partial charge in [-0.2, -0.15) is 0 Å². The van der Waals surface area contributed by atoms with Crippen LogP contribution in [0.3, 0.4) is 0 Å². The number of nitrogens with one attached hydrogen (secondary N) is 1. The maximum absolute atomic E-state index is 10.8. The maximum atomic E-state index is 10.8. The molecule has 212 valence electrons. The summed E-state index contributed by atoms with van der Waals surface area (Å²) in [5, 5.41) is 47.3. The maximum Gasteiger partial charge on any atom is 0.238 e. The van der Waals surface area contributed by atoms with Gasteiger partial charge in [-0.15, -0.1) is 5.10 Å². The molecule has 0 unspecified atom stereocenters. The highest BCUT2D eigenvalue weighted by molar-refractivity contribution is 5.73. The van der Waals surface area contributed by atoms with Gasteiger partial charge < -0.3 is 40.4 Å². The van der Waals surface area contributed by atoms with Crippen molar-refractivity contribution in [2.45, 2.75) is 95.9 Å². The van der Waals surface area contributed by atoms with E-state index >= 15 is 0 Å². The number of unbranched alkanes of at least 4 members (excludes halogenated alkanes) is 3. The van der Waals surface area contributed by atoms with Gasteiger partial charge >= 0.3 is 0 Å². The molecule has 0 radical (unpaired) electrons. The van der Waals surface area contributed by atoms with Crippen LogP contribution in [0.2, 0.25) is 0 Å². The van der Waals surface area contributed by atoms with Crippen LogP contribution >= 0.6 is 0 Å². The van der Waals surface area contributed by atoms with Gasteiger partial charge in [-0.1, -0.05) is 32.8 Å². The number of aliphatic hydroxyl groups excluding tert-OH is 4. The molecule has 1 aromatic heterocycles. The van der Waals surface area contributed by atoms with E-state index < -0.39 is 37.3 Å². The zero-order chi connectivity index (χ0) is 27.8. The van der Waals surface area contributed by atoms with Crippen molar-refractivity contribution in [1.29, 1.82) is 0 Å². The average Bonchev–Trinajstić information content (AvgIpc) is 3.27. The largest absolute Gasteiger partial charge is 0.494 e. The summed E-state index contributed by atoms with van der Waals surface area (Å²) in [4.78, 5) is 10.8. The molecule has 38 heavy (non-hydrogen) atoms. The number of carbonyl (C=O) groups excluding carboxylic acids is 1. The Balaban J connectivity index is 1.66. The van der Waals surface area contributed by atoms with Crippen LogP contribution < -0.4 is 15.2 Å². The molecule has 2 heterocycles. The molecular formula is C27H41N3O8.